The van der Waals surface area contributed by atoms with Gasteiger partial charge in [-0.1, -0.05) is 15.9 Å². The van der Waals surface area contributed by atoms with Crippen LogP contribution in [-0.2, 0) is 7.05 Å². The molecular formula is C11H10BrN5. The van der Waals surface area contributed by atoms with E-state index in [9.17, 15) is 0 Å². The molecule has 3 N–H and O–H groups in total. The van der Waals surface area contributed by atoms with Gasteiger partial charge in [0, 0.05) is 17.7 Å². The number of nitrogens with one attached hydrogen (secondary N) is 1. The summed E-state index contributed by atoms with van der Waals surface area (Å²) >= 11 is 3.42. The molecule has 6 heteroatoms. The van der Waals surface area contributed by atoms with Gasteiger partial charge in [-0.3, -0.25) is 4.68 Å². The highest BCUT2D eigenvalue weighted by Crippen LogP contribution is 2.34. The first-order valence-corrected chi connectivity index (χ1v) is 5.87. The van der Waals surface area contributed by atoms with E-state index >= 15 is 0 Å². The zero-order valence-corrected chi connectivity index (χ0v) is 10.7. The number of aliphatic imine (C=N–C) groups is 1. The minimum Gasteiger partial charge on any atom is -0.383 e. The molecular weight excluding hydrogens is 282 g/mol. The van der Waals surface area contributed by atoms with Crippen LogP contribution < -0.4 is 11.1 Å². The second kappa shape index (κ2) is 3.59. The summed E-state index contributed by atoms with van der Waals surface area (Å²) in [6, 6.07) is 5.81. The van der Waals surface area contributed by atoms with E-state index < -0.39 is 0 Å². The number of nitrogens with zero attached hydrogens (tertiary/aromatic N) is 3. The molecule has 2 aromatic rings. The Kier molecular flexibility index (Phi) is 2.19. The fraction of sp³-hybridized carbons (Fsp3) is 0.0909. The van der Waals surface area contributed by atoms with Crippen LogP contribution >= 0.6 is 15.9 Å². The lowest BCUT2D eigenvalue weighted by molar-refractivity contribution is 0.771. The van der Waals surface area contributed by atoms with Gasteiger partial charge in [-0.25, -0.2) is 4.99 Å². The van der Waals surface area contributed by atoms with Gasteiger partial charge in [0.15, 0.2) is 5.82 Å². The Morgan fingerprint density at radius 1 is 1.41 bits per heavy atom. The normalized spacial score (nSPS) is 13.2. The molecule has 86 valence electrons. The lowest BCUT2D eigenvalue weighted by Gasteiger charge is -2.05. The van der Waals surface area contributed by atoms with Crippen molar-refractivity contribution in [1.82, 2.24) is 9.78 Å². The number of aryl methyl sites for hydroxylation is 1. The van der Waals surface area contributed by atoms with Crippen molar-refractivity contribution in [3.8, 4) is 0 Å². The Bertz CT molecular complexity index is 629. The van der Waals surface area contributed by atoms with E-state index in [0.29, 0.717) is 5.84 Å². The number of aromatic nitrogens is 2. The van der Waals surface area contributed by atoms with E-state index in [-0.39, 0.29) is 0 Å². The largest absolute Gasteiger partial charge is 0.383 e. The van der Waals surface area contributed by atoms with Crippen molar-refractivity contribution in [3.63, 3.8) is 0 Å². The summed E-state index contributed by atoms with van der Waals surface area (Å²) in [6.45, 7) is 0. The maximum Gasteiger partial charge on any atom is 0.163 e. The van der Waals surface area contributed by atoms with Crippen molar-refractivity contribution in [2.45, 2.75) is 0 Å². The van der Waals surface area contributed by atoms with Crippen LogP contribution in [0.1, 0.15) is 5.56 Å². The van der Waals surface area contributed by atoms with E-state index in [1.807, 2.05) is 31.4 Å². The number of hydrogen-bond donors (Lipinski definition) is 2. The predicted molar refractivity (Wildman–Crippen MR) is 71.0 cm³/mol. The minimum absolute atomic E-state index is 0.470. The molecule has 0 saturated carbocycles. The molecule has 0 fully saturated rings. The second-order valence-electron chi connectivity index (χ2n) is 3.85. The zero-order valence-electron chi connectivity index (χ0n) is 9.11. The number of amidine groups is 1. The topological polar surface area (TPSA) is 68.2 Å². The lowest BCUT2D eigenvalue weighted by atomic mass is 10.3. The number of hydrogen-bond acceptors (Lipinski definition) is 4. The first-order valence-electron chi connectivity index (χ1n) is 5.08. The molecule has 0 saturated heterocycles. The summed E-state index contributed by atoms with van der Waals surface area (Å²) in [4.78, 5) is 4.40. The summed E-state index contributed by atoms with van der Waals surface area (Å²) in [5.41, 5.74) is 8.49. The third kappa shape index (κ3) is 1.70. The van der Waals surface area contributed by atoms with Crippen LogP contribution in [0.3, 0.4) is 0 Å². The smallest absolute Gasteiger partial charge is 0.163 e. The van der Waals surface area contributed by atoms with Gasteiger partial charge in [-0.05, 0) is 18.2 Å². The second-order valence-corrected chi connectivity index (χ2v) is 4.76. The van der Waals surface area contributed by atoms with E-state index in [4.69, 9.17) is 5.73 Å². The van der Waals surface area contributed by atoms with Crippen LogP contribution in [0.5, 0.6) is 0 Å². The maximum absolute atomic E-state index is 5.97. The molecule has 2 heterocycles. The first-order chi connectivity index (χ1) is 8.13. The molecule has 3 rings (SSSR count). The van der Waals surface area contributed by atoms with E-state index in [0.717, 1.165) is 27.2 Å². The summed E-state index contributed by atoms with van der Waals surface area (Å²) in [5, 5.41) is 7.55. The Morgan fingerprint density at radius 3 is 3.06 bits per heavy atom. The minimum atomic E-state index is 0.470. The van der Waals surface area contributed by atoms with Crippen LogP contribution in [0.25, 0.3) is 0 Å². The van der Waals surface area contributed by atoms with Crippen LogP contribution in [0.2, 0.25) is 0 Å². The highest BCUT2D eigenvalue weighted by molar-refractivity contribution is 9.10. The molecule has 1 aromatic heterocycles. The Balaban J connectivity index is 2.22. The third-order valence-corrected chi connectivity index (χ3v) is 3.05. The molecule has 1 aliphatic heterocycles. The molecule has 0 spiro atoms. The standard InChI is InChI=1S/C11H10BrN5/c1-17-5-7-10(13)14-9-4-6(12)2-3-8(9)15-11(7)16-17/h2-5H,1H3,(H2,13,14)(H,15,16). The molecule has 0 bridgehead atoms. The highest BCUT2D eigenvalue weighted by Gasteiger charge is 2.17. The van der Waals surface area contributed by atoms with Gasteiger partial charge in [0.2, 0.25) is 0 Å². The van der Waals surface area contributed by atoms with Gasteiger partial charge in [0.1, 0.15) is 5.84 Å². The lowest BCUT2D eigenvalue weighted by Crippen LogP contribution is -2.12. The SMILES string of the molecule is Cn1cc2c(n1)Nc1ccc(Br)cc1N=C2N. The van der Waals surface area contributed by atoms with E-state index in [1.165, 1.54) is 0 Å². The Morgan fingerprint density at radius 2 is 2.24 bits per heavy atom. The molecule has 5 nitrogen and oxygen atoms in total. The Labute approximate surface area is 106 Å². The van der Waals surface area contributed by atoms with Crippen LogP contribution in [-0.4, -0.2) is 15.6 Å². The summed E-state index contributed by atoms with van der Waals surface area (Å²) in [6.07, 6.45) is 1.85. The molecule has 0 atom stereocenters. The number of benzene rings is 1. The maximum atomic E-state index is 5.97. The van der Waals surface area contributed by atoms with Crippen molar-refractivity contribution < 1.29 is 0 Å². The van der Waals surface area contributed by atoms with E-state index in [1.54, 1.807) is 4.68 Å². The average molecular weight is 292 g/mol. The summed E-state index contributed by atoms with van der Waals surface area (Å²) in [7, 11) is 1.85. The quantitative estimate of drug-likeness (QED) is 0.782. The number of halogens is 1. The number of fused-ring (bicyclic) bond motifs is 2. The van der Waals surface area contributed by atoms with Crippen LogP contribution in [0, 0.1) is 0 Å². The van der Waals surface area contributed by atoms with Crippen molar-refractivity contribution in [2.75, 3.05) is 5.32 Å². The molecule has 17 heavy (non-hydrogen) atoms. The Hall–Kier alpha value is -1.82. The van der Waals surface area contributed by atoms with Crippen molar-refractivity contribution in [2.24, 2.45) is 17.8 Å². The average Bonchev–Trinajstić information content (AvgIpc) is 2.58. The van der Waals surface area contributed by atoms with Crippen molar-refractivity contribution in [3.05, 3.63) is 34.4 Å². The first kappa shape index (κ1) is 10.3. The monoisotopic (exact) mass is 291 g/mol. The fourth-order valence-electron chi connectivity index (χ4n) is 1.79. The molecule has 0 unspecified atom stereocenters. The summed E-state index contributed by atoms with van der Waals surface area (Å²) in [5.74, 6) is 1.20. The highest BCUT2D eigenvalue weighted by atomic mass is 79.9. The van der Waals surface area contributed by atoms with E-state index in [2.05, 4.69) is 31.3 Å². The van der Waals surface area contributed by atoms with Gasteiger partial charge < -0.3 is 11.1 Å². The van der Waals surface area contributed by atoms with Crippen molar-refractivity contribution in [1.29, 1.82) is 0 Å². The number of nitrogens with two attached hydrogens (primary N) is 1. The fourth-order valence-corrected chi connectivity index (χ4v) is 2.14. The van der Waals surface area contributed by atoms with Gasteiger partial charge in [0.25, 0.3) is 0 Å². The number of anilines is 2. The molecule has 1 aromatic carbocycles. The van der Waals surface area contributed by atoms with Gasteiger partial charge in [-0.15, -0.1) is 0 Å². The predicted octanol–water partition coefficient (Wildman–Crippen LogP) is 2.28. The molecule has 0 amide bonds. The van der Waals surface area contributed by atoms with Crippen molar-refractivity contribution >= 4 is 39.0 Å². The van der Waals surface area contributed by atoms with Gasteiger partial charge in [-0.2, -0.15) is 5.10 Å². The number of rotatable bonds is 0. The third-order valence-electron chi connectivity index (χ3n) is 2.56. The summed E-state index contributed by atoms with van der Waals surface area (Å²) < 4.78 is 2.68. The molecule has 0 radical (unpaired) electrons. The van der Waals surface area contributed by atoms with Crippen LogP contribution in [0.4, 0.5) is 17.2 Å². The molecule has 0 aliphatic carbocycles. The van der Waals surface area contributed by atoms with Gasteiger partial charge in [0.05, 0.1) is 16.9 Å². The van der Waals surface area contributed by atoms with Crippen LogP contribution in [0.15, 0.2) is 33.9 Å². The van der Waals surface area contributed by atoms with Gasteiger partial charge >= 0.3 is 0 Å². The molecule has 1 aliphatic rings. The zero-order chi connectivity index (χ0) is 12.0.